The summed E-state index contributed by atoms with van der Waals surface area (Å²) in [5, 5.41) is 13.8. The molecule has 2 N–H and O–H groups in total. The minimum absolute atomic E-state index is 0.409. The van der Waals surface area contributed by atoms with Crippen LogP contribution in [0.15, 0.2) is 0 Å². The van der Waals surface area contributed by atoms with E-state index in [-0.39, 0.29) is 0 Å². The molecule has 0 bridgehead atoms. The Kier molecular flexibility index (Phi) is 8.83. The van der Waals surface area contributed by atoms with Crippen LogP contribution in [0.25, 0.3) is 0 Å². The van der Waals surface area contributed by atoms with Gasteiger partial charge in [0.05, 0.1) is 5.60 Å². The fourth-order valence-corrected chi connectivity index (χ4v) is 2.05. The van der Waals surface area contributed by atoms with Gasteiger partial charge in [-0.05, 0) is 26.9 Å². The molecule has 0 rings (SSSR count). The Morgan fingerprint density at radius 3 is 2.11 bits per heavy atom. The number of likely N-dealkylation sites (N-methyl/N-ethyl adjacent to an activating group) is 1. The number of nitrogens with zero attached hydrogens (tertiary/aromatic N) is 2. The number of rotatable bonds is 10. The van der Waals surface area contributed by atoms with Crippen LogP contribution < -0.4 is 5.32 Å². The van der Waals surface area contributed by atoms with E-state index in [4.69, 9.17) is 0 Å². The van der Waals surface area contributed by atoms with Crippen molar-refractivity contribution in [3.05, 3.63) is 0 Å². The molecule has 0 fully saturated rings. The highest BCUT2D eigenvalue weighted by Crippen LogP contribution is 2.08. The zero-order chi connectivity index (χ0) is 15.1. The SMILES string of the molecule is CC(C)CN(CCN(C)C)CC(C)(O)CNC(C)C. The van der Waals surface area contributed by atoms with E-state index in [1.54, 1.807) is 0 Å². The molecule has 1 unspecified atom stereocenters. The molecule has 0 saturated carbocycles. The van der Waals surface area contributed by atoms with Gasteiger partial charge in [0.1, 0.15) is 0 Å². The van der Waals surface area contributed by atoms with Crippen molar-refractivity contribution in [2.45, 2.75) is 46.3 Å². The first kappa shape index (κ1) is 18.8. The van der Waals surface area contributed by atoms with Crippen LogP contribution in [0.2, 0.25) is 0 Å². The topological polar surface area (TPSA) is 38.7 Å². The van der Waals surface area contributed by atoms with Crippen molar-refractivity contribution in [1.29, 1.82) is 0 Å². The highest BCUT2D eigenvalue weighted by Gasteiger charge is 2.24. The predicted octanol–water partition coefficient (Wildman–Crippen LogP) is 1.26. The van der Waals surface area contributed by atoms with Crippen molar-refractivity contribution in [3.63, 3.8) is 0 Å². The van der Waals surface area contributed by atoms with Gasteiger partial charge >= 0.3 is 0 Å². The first-order valence-electron chi connectivity index (χ1n) is 7.45. The predicted molar refractivity (Wildman–Crippen MR) is 83.6 cm³/mol. The van der Waals surface area contributed by atoms with Crippen LogP contribution in [0.1, 0.15) is 34.6 Å². The standard InChI is InChI=1S/C15H35N3O/c1-13(2)10-18(9-8-17(6)7)12-15(5,19)11-16-14(3)4/h13-14,16,19H,8-12H2,1-7H3. The van der Waals surface area contributed by atoms with E-state index < -0.39 is 5.60 Å². The van der Waals surface area contributed by atoms with Crippen molar-refractivity contribution in [2.24, 2.45) is 5.92 Å². The van der Waals surface area contributed by atoms with Gasteiger partial charge in [0.15, 0.2) is 0 Å². The first-order chi connectivity index (χ1) is 8.62. The molecule has 116 valence electrons. The van der Waals surface area contributed by atoms with Gasteiger partial charge in [-0.1, -0.05) is 27.7 Å². The third kappa shape index (κ3) is 11.4. The second-order valence-corrected chi connectivity index (χ2v) is 6.96. The minimum Gasteiger partial charge on any atom is -0.388 e. The summed E-state index contributed by atoms with van der Waals surface area (Å²) in [5.41, 5.74) is -0.675. The Balaban J connectivity index is 4.34. The van der Waals surface area contributed by atoms with Crippen LogP contribution in [0.5, 0.6) is 0 Å². The quantitative estimate of drug-likeness (QED) is 0.628. The number of aliphatic hydroxyl groups is 1. The van der Waals surface area contributed by atoms with Gasteiger partial charge in [-0.3, -0.25) is 4.90 Å². The average Bonchev–Trinajstić information content (AvgIpc) is 2.22. The lowest BCUT2D eigenvalue weighted by molar-refractivity contribution is 0.0140. The van der Waals surface area contributed by atoms with Crippen molar-refractivity contribution >= 4 is 0 Å². The van der Waals surface area contributed by atoms with E-state index in [1.165, 1.54) is 0 Å². The molecule has 0 aliphatic rings. The maximum absolute atomic E-state index is 10.5. The highest BCUT2D eigenvalue weighted by molar-refractivity contribution is 4.81. The van der Waals surface area contributed by atoms with Crippen molar-refractivity contribution in [1.82, 2.24) is 15.1 Å². The van der Waals surface area contributed by atoms with Gasteiger partial charge in [0.25, 0.3) is 0 Å². The van der Waals surface area contributed by atoms with E-state index >= 15 is 0 Å². The van der Waals surface area contributed by atoms with E-state index in [0.29, 0.717) is 18.5 Å². The lowest BCUT2D eigenvalue weighted by atomic mass is 10.0. The summed E-state index contributed by atoms with van der Waals surface area (Å²) in [6.07, 6.45) is 0. The van der Waals surface area contributed by atoms with Crippen LogP contribution in [-0.4, -0.2) is 73.4 Å². The van der Waals surface area contributed by atoms with Gasteiger partial charge in [0, 0.05) is 38.8 Å². The molecular weight excluding hydrogens is 238 g/mol. The van der Waals surface area contributed by atoms with Crippen LogP contribution in [0, 0.1) is 5.92 Å². The molecule has 19 heavy (non-hydrogen) atoms. The van der Waals surface area contributed by atoms with E-state index in [9.17, 15) is 5.11 Å². The van der Waals surface area contributed by atoms with Crippen molar-refractivity contribution < 1.29 is 5.11 Å². The fraction of sp³-hybridized carbons (Fsp3) is 1.00. The Hall–Kier alpha value is -0.160. The Labute approximate surface area is 120 Å². The number of hydrogen-bond acceptors (Lipinski definition) is 4. The molecule has 4 nitrogen and oxygen atoms in total. The molecule has 0 aromatic heterocycles. The fourth-order valence-electron chi connectivity index (χ4n) is 2.05. The van der Waals surface area contributed by atoms with Gasteiger partial charge in [-0.2, -0.15) is 0 Å². The third-order valence-corrected chi connectivity index (χ3v) is 2.94. The zero-order valence-electron chi connectivity index (χ0n) is 14.0. The van der Waals surface area contributed by atoms with E-state index in [2.05, 4.69) is 56.9 Å². The molecule has 0 radical (unpaired) electrons. The third-order valence-electron chi connectivity index (χ3n) is 2.94. The maximum atomic E-state index is 10.5. The van der Waals surface area contributed by atoms with Gasteiger partial charge in [-0.25, -0.2) is 0 Å². The van der Waals surface area contributed by atoms with Gasteiger partial charge in [0.2, 0.25) is 0 Å². The van der Waals surface area contributed by atoms with Crippen LogP contribution in [0.3, 0.4) is 0 Å². The lowest BCUT2D eigenvalue weighted by Crippen LogP contribution is -2.50. The van der Waals surface area contributed by atoms with Gasteiger partial charge in [-0.15, -0.1) is 0 Å². The normalized spacial score (nSPS) is 15.8. The molecule has 0 spiro atoms. The number of nitrogens with one attached hydrogen (secondary N) is 1. The van der Waals surface area contributed by atoms with Crippen LogP contribution >= 0.6 is 0 Å². The van der Waals surface area contributed by atoms with Gasteiger partial charge < -0.3 is 15.3 Å². The summed E-state index contributed by atoms with van der Waals surface area (Å²) in [6.45, 7) is 15.0. The molecule has 1 atom stereocenters. The molecule has 4 heteroatoms. The second-order valence-electron chi connectivity index (χ2n) is 6.96. The molecule has 0 heterocycles. The molecule has 0 aromatic carbocycles. The van der Waals surface area contributed by atoms with E-state index in [0.717, 1.165) is 26.2 Å². The average molecular weight is 273 g/mol. The smallest absolute Gasteiger partial charge is 0.0869 e. The highest BCUT2D eigenvalue weighted by atomic mass is 16.3. The molecule has 0 aliphatic carbocycles. The zero-order valence-corrected chi connectivity index (χ0v) is 14.0. The Morgan fingerprint density at radius 2 is 1.68 bits per heavy atom. The summed E-state index contributed by atoms with van der Waals surface area (Å²) in [5.74, 6) is 0.621. The van der Waals surface area contributed by atoms with Crippen LogP contribution in [0.4, 0.5) is 0 Å². The summed E-state index contributed by atoms with van der Waals surface area (Å²) in [7, 11) is 4.18. The summed E-state index contributed by atoms with van der Waals surface area (Å²) < 4.78 is 0. The molecule has 0 amide bonds. The van der Waals surface area contributed by atoms with E-state index in [1.807, 2.05) is 6.92 Å². The van der Waals surface area contributed by atoms with Crippen molar-refractivity contribution in [3.8, 4) is 0 Å². The number of hydrogen-bond donors (Lipinski definition) is 2. The summed E-state index contributed by atoms with van der Waals surface area (Å²) in [4.78, 5) is 4.56. The molecule has 0 aromatic rings. The molecule has 0 aliphatic heterocycles. The lowest BCUT2D eigenvalue weighted by Gasteiger charge is -2.34. The van der Waals surface area contributed by atoms with Crippen LogP contribution in [-0.2, 0) is 0 Å². The molecular formula is C15H35N3O. The maximum Gasteiger partial charge on any atom is 0.0869 e. The molecule has 0 saturated heterocycles. The Bertz CT molecular complexity index is 227. The minimum atomic E-state index is -0.675. The largest absolute Gasteiger partial charge is 0.388 e. The monoisotopic (exact) mass is 273 g/mol. The summed E-state index contributed by atoms with van der Waals surface area (Å²) in [6, 6.07) is 0.409. The Morgan fingerprint density at radius 1 is 1.11 bits per heavy atom. The first-order valence-corrected chi connectivity index (χ1v) is 7.45. The summed E-state index contributed by atoms with van der Waals surface area (Å²) >= 11 is 0. The second kappa shape index (κ2) is 8.90. The van der Waals surface area contributed by atoms with Crippen molar-refractivity contribution in [2.75, 3.05) is 46.8 Å².